The quantitative estimate of drug-likeness (QED) is 0.418. The molecule has 4 rings (SSSR count). The van der Waals surface area contributed by atoms with Gasteiger partial charge in [-0.2, -0.15) is 0 Å². The number of benzene rings is 3. The van der Waals surface area contributed by atoms with Crippen LogP contribution in [-0.2, 0) is 19.4 Å². The molecule has 4 nitrogen and oxygen atoms in total. The lowest BCUT2D eigenvalue weighted by molar-refractivity contribution is 0.0951. The number of carbonyl (C=O) groups is 1. The van der Waals surface area contributed by atoms with Gasteiger partial charge in [0.05, 0.1) is 11.0 Å². The number of carbonyl (C=O) groups excluding carboxylic acids is 1. The van der Waals surface area contributed by atoms with Gasteiger partial charge in [0.2, 0.25) is 0 Å². The van der Waals surface area contributed by atoms with Gasteiger partial charge in [0.25, 0.3) is 5.91 Å². The SMILES string of the molecule is O=C(NCc1ccccc1)c1cccc(CCCCc2nc3ccccc3[nH]2)c1. The van der Waals surface area contributed by atoms with Gasteiger partial charge in [0.1, 0.15) is 5.82 Å². The van der Waals surface area contributed by atoms with Crippen molar-refractivity contribution >= 4 is 16.9 Å². The third-order valence-electron chi connectivity index (χ3n) is 5.05. The summed E-state index contributed by atoms with van der Waals surface area (Å²) in [6.07, 6.45) is 4.02. The molecule has 29 heavy (non-hydrogen) atoms. The topological polar surface area (TPSA) is 57.8 Å². The number of nitrogens with zero attached hydrogens (tertiary/aromatic N) is 1. The van der Waals surface area contributed by atoms with Crippen LogP contribution in [0.2, 0.25) is 0 Å². The van der Waals surface area contributed by atoms with Gasteiger partial charge < -0.3 is 10.3 Å². The minimum Gasteiger partial charge on any atom is -0.348 e. The molecule has 0 spiro atoms. The Morgan fingerprint density at radius 1 is 0.828 bits per heavy atom. The molecule has 0 aliphatic heterocycles. The van der Waals surface area contributed by atoms with Crippen molar-refractivity contribution in [2.75, 3.05) is 0 Å². The van der Waals surface area contributed by atoms with E-state index in [4.69, 9.17) is 0 Å². The van der Waals surface area contributed by atoms with Crippen molar-refractivity contribution in [3.05, 3.63) is 101 Å². The Kier molecular flexibility index (Phi) is 6.01. The Morgan fingerprint density at radius 2 is 1.59 bits per heavy atom. The molecule has 1 amide bonds. The molecule has 4 heteroatoms. The first kappa shape index (κ1) is 18.9. The highest BCUT2D eigenvalue weighted by atomic mass is 16.1. The highest BCUT2D eigenvalue weighted by molar-refractivity contribution is 5.94. The van der Waals surface area contributed by atoms with Gasteiger partial charge in [-0.05, 0) is 54.7 Å². The molecule has 0 saturated heterocycles. The van der Waals surface area contributed by atoms with Crippen LogP contribution in [0.25, 0.3) is 11.0 Å². The molecule has 0 unspecified atom stereocenters. The maximum Gasteiger partial charge on any atom is 0.251 e. The van der Waals surface area contributed by atoms with Gasteiger partial charge in [-0.3, -0.25) is 4.79 Å². The lowest BCUT2D eigenvalue weighted by atomic mass is 10.0. The summed E-state index contributed by atoms with van der Waals surface area (Å²) < 4.78 is 0. The van der Waals surface area contributed by atoms with E-state index < -0.39 is 0 Å². The van der Waals surface area contributed by atoms with Crippen molar-refractivity contribution in [1.82, 2.24) is 15.3 Å². The number of fused-ring (bicyclic) bond motifs is 1. The predicted molar refractivity (Wildman–Crippen MR) is 117 cm³/mol. The summed E-state index contributed by atoms with van der Waals surface area (Å²) in [5, 5.41) is 2.99. The van der Waals surface area contributed by atoms with Crippen LogP contribution in [0.4, 0.5) is 0 Å². The lowest BCUT2D eigenvalue weighted by Gasteiger charge is -2.07. The summed E-state index contributed by atoms with van der Waals surface area (Å²) in [5.41, 5.74) is 5.13. The zero-order valence-electron chi connectivity index (χ0n) is 16.4. The number of amides is 1. The molecule has 0 fully saturated rings. The molecule has 0 aliphatic carbocycles. The minimum absolute atomic E-state index is 0.0296. The van der Waals surface area contributed by atoms with E-state index in [-0.39, 0.29) is 5.91 Å². The zero-order chi connectivity index (χ0) is 19.9. The lowest BCUT2D eigenvalue weighted by Crippen LogP contribution is -2.22. The molecule has 1 aromatic heterocycles. The van der Waals surface area contributed by atoms with Crippen molar-refractivity contribution in [3.8, 4) is 0 Å². The van der Waals surface area contributed by atoms with Crippen LogP contribution in [-0.4, -0.2) is 15.9 Å². The Hall–Kier alpha value is -3.40. The second-order valence-electron chi connectivity index (χ2n) is 7.28. The van der Waals surface area contributed by atoms with Gasteiger partial charge in [-0.25, -0.2) is 4.98 Å². The summed E-state index contributed by atoms with van der Waals surface area (Å²) >= 11 is 0. The number of aromatic nitrogens is 2. The number of nitrogens with one attached hydrogen (secondary N) is 2. The number of rotatable bonds is 8. The van der Waals surface area contributed by atoms with E-state index in [1.807, 2.05) is 66.7 Å². The molecule has 0 bridgehead atoms. The molecule has 0 saturated carbocycles. The number of aryl methyl sites for hydroxylation is 2. The Morgan fingerprint density at radius 3 is 2.45 bits per heavy atom. The van der Waals surface area contributed by atoms with Crippen LogP contribution >= 0.6 is 0 Å². The molecule has 2 N–H and O–H groups in total. The van der Waals surface area contributed by atoms with Crippen LogP contribution in [0, 0.1) is 0 Å². The summed E-state index contributed by atoms with van der Waals surface area (Å²) in [7, 11) is 0. The smallest absolute Gasteiger partial charge is 0.251 e. The molecule has 0 aliphatic rings. The van der Waals surface area contributed by atoms with Crippen molar-refractivity contribution in [2.45, 2.75) is 32.2 Å². The van der Waals surface area contributed by atoms with E-state index in [9.17, 15) is 4.79 Å². The van der Waals surface area contributed by atoms with Gasteiger partial charge >= 0.3 is 0 Å². The number of hydrogen-bond acceptors (Lipinski definition) is 2. The maximum atomic E-state index is 12.4. The zero-order valence-corrected chi connectivity index (χ0v) is 16.4. The summed E-state index contributed by atoms with van der Waals surface area (Å²) in [4.78, 5) is 20.5. The number of imidazole rings is 1. The molecule has 3 aromatic carbocycles. The van der Waals surface area contributed by atoms with Crippen molar-refractivity contribution in [1.29, 1.82) is 0 Å². The summed E-state index contributed by atoms with van der Waals surface area (Å²) in [6.45, 7) is 0.543. The Balaban J connectivity index is 1.26. The van der Waals surface area contributed by atoms with Crippen LogP contribution in [0.15, 0.2) is 78.9 Å². The van der Waals surface area contributed by atoms with E-state index in [2.05, 4.69) is 27.4 Å². The summed E-state index contributed by atoms with van der Waals surface area (Å²) in [6, 6.07) is 26.0. The number of hydrogen-bond donors (Lipinski definition) is 2. The van der Waals surface area contributed by atoms with Crippen LogP contribution in [0.1, 0.15) is 40.2 Å². The van der Waals surface area contributed by atoms with E-state index in [0.717, 1.165) is 53.7 Å². The van der Waals surface area contributed by atoms with Crippen molar-refractivity contribution in [3.63, 3.8) is 0 Å². The molecular weight excluding hydrogens is 358 g/mol. The van der Waals surface area contributed by atoms with Gasteiger partial charge in [0.15, 0.2) is 0 Å². The first-order valence-corrected chi connectivity index (χ1v) is 10.1. The molecule has 146 valence electrons. The second-order valence-corrected chi connectivity index (χ2v) is 7.28. The molecule has 0 radical (unpaired) electrons. The number of unbranched alkanes of at least 4 members (excludes halogenated alkanes) is 1. The average Bonchev–Trinajstić information content (AvgIpc) is 3.19. The third kappa shape index (κ3) is 5.11. The van der Waals surface area contributed by atoms with E-state index in [1.54, 1.807) is 0 Å². The largest absolute Gasteiger partial charge is 0.348 e. The fourth-order valence-corrected chi connectivity index (χ4v) is 3.49. The predicted octanol–water partition coefficient (Wildman–Crippen LogP) is 5.06. The third-order valence-corrected chi connectivity index (χ3v) is 5.05. The van der Waals surface area contributed by atoms with E-state index >= 15 is 0 Å². The summed E-state index contributed by atoms with van der Waals surface area (Å²) in [5.74, 6) is 1.01. The second kappa shape index (κ2) is 9.20. The molecule has 1 heterocycles. The van der Waals surface area contributed by atoms with Crippen LogP contribution < -0.4 is 5.32 Å². The van der Waals surface area contributed by atoms with E-state index in [1.165, 1.54) is 5.56 Å². The van der Waals surface area contributed by atoms with Gasteiger partial charge in [-0.1, -0.05) is 54.6 Å². The van der Waals surface area contributed by atoms with Crippen LogP contribution in [0.5, 0.6) is 0 Å². The normalized spacial score (nSPS) is 10.9. The highest BCUT2D eigenvalue weighted by Gasteiger charge is 2.07. The fourth-order valence-electron chi connectivity index (χ4n) is 3.49. The van der Waals surface area contributed by atoms with Crippen LogP contribution in [0.3, 0.4) is 0 Å². The molecule has 4 aromatic rings. The highest BCUT2D eigenvalue weighted by Crippen LogP contribution is 2.14. The standard InChI is InChI=1S/C25H25N3O/c29-25(26-18-20-10-2-1-3-11-20)21-13-8-12-19(17-21)9-4-7-16-24-27-22-14-5-6-15-23(22)28-24/h1-3,5-6,8,10-15,17H,4,7,9,16,18H2,(H,26,29)(H,27,28). The van der Waals surface area contributed by atoms with Crippen molar-refractivity contribution in [2.24, 2.45) is 0 Å². The first-order valence-electron chi connectivity index (χ1n) is 10.1. The van der Waals surface area contributed by atoms with Gasteiger partial charge in [0, 0.05) is 18.5 Å². The fraction of sp³-hybridized carbons (Fsp3) is 0.200. The number of aromatic amines is 1. The molecule has 0 atom stereocenters. The first-order chi connectivity index (χ1) is 14.3. The Bertz CT molecular complexity index is 1050. The maximum absolute atomic E-state index is 12.4. The van der Waals surface area contributed by atoms with Gasteiger partial charge in [-0.15, -0.1) is 0 Å². The minimum atomic E-state index is -0.0296. The van der Waals surface area contributed by atoms with Crippen molar-refractivity contribution < 1.29 is 4.79 Å². The number of H-pyrrole nitrogens is 1. The number of para-hydroxylation sites is 2. The van der Waals surface area contributed by atoms with E-state index in [0.29, 0.717) is 6.54 Å². The monoisotopic (exact) mass is 383 g/mol. The average molecular weight is 383 g/mol. The molecular formula is C25H25N3O. The Labute approximate surface area is 171 Å².